The van der Waals surface area contributed by atoms with Crippen LogP contribution >= 0.6 is 0 Å². The molecule has 6 aromatic rings. The molecule has 0 N–H and O–H groups in total. The normalized spacial score (nSPS) is 14.5. The zero-order chi connectivity index (χ0) is 30.3. The van der Waals surface area contributed by atoms with E-state index in [0.29, 0.717) is 0 Å². The Morgan fingerprint density at radius 2 is 0.864 bits per heavy atom. The Morgan fingerprint density at radius 1 is 0.477 bits per heavy atom. The summed E-state index contributed by atoms with van der Waals surface area (Å²) in [6.45, 7) is 4.93. The topological polar surface area (TPSA) is 18.5 Å². The molecular weight excluding hydrogens is 553 g/mol. The highest BCUT2D eigenvalue weighted by atomic mass is 28.3. The fourth-order valence-electron chi connectivity index (χ4n) is 7.23. The largest absolute Gasteiger partial charge is 0.496 e. The summed E-state index contributed by atoms with van der Waals surface area (Å²) in [5.74, 6) is 1.83. The summed E-state index contributed by atoms with van der Waals surface area (Å²) in [4.78, 5) is 0. The van der Waals surface area contributed by atoms with Crippen LogP contribution < -0.4 is 9.47 Å². The predicted molar refractivity (Wildman–Crippen MR) is 190 cm³/mol. The van der Waals surface area contributed by atoms with E-state index in [4.69, 9.17) is 9.47 Å². The standard InChI is InChI=1S/C41H36O2Si/c1-5-44(4)40(38-32-22-14-12-16-28(32)24-26-34(38)42-2)36(30-18-8-6-9-19-30)37(31-20-10-7-11-21-31)41(44)39-33-23-15-13-17-29(33)25-27-35(39)43-3/h6-27H,5H2,1-4H3. The summed E-state index contributed by atoms with van der Waals surface area (Å²) in [6, 6.07) is 49.1. The van der Waals surface area contributed by atoms with E-state index in [1.165, 1.54) is 65.3 Å². The number of benzene rings is 6. The Balaban J connectivity index is 1.73. The van der Waals surface area contributed by atoms with Gasteiger partial charge in [0.1, 0.15) is 19.6 Å². The van der Waals surface area contributed by atoms with Crippen molar-refractivity contribution in [2.75, 3.05) is 14.2 Å². The van der Waals surface area contributed by atoms with Crippen LogP contribution in [0.25, 0.3) is 43.1 Å². The number of hydrogen-bond acceptors (Lipinski definition) is 2. The molecule has 6 aromatic carbocycles. The molecule has 0 aliphatic carbocycles. The molecule has 3 heteroatoms. The third-order valence-corrected chi connectivity index (χ3v) is 14.0. The first-order valence-corrected chi connectivity index (χ1v) is 18.0. The van der Waals surface area contributed by atoms with Crippen LogP contribution in [0.5, 0.6) is 11.5 Å². The first-order valence-electron chi connectivity index (χ1n) is 15.3. The van der Waals surface area contributed by atoms with Gasteiger partial charge in [0.25, 0.3) is 0 Å². The Morgan fingerprint density at radius 3 is 1.25 bits per heavy atom. The number of fused-ring (bicyclic) bond motifs is 2. The van der Waals surface area contributed by atoms with Gasteiger partial charge in [0.05, 0.1) is 14.2 Å². The van der Waals surface area contributed by atoms with Crippen molar-refractivity contribution in [3.8, 4) is 11.5 Å². The average Bonchev–Trinajstić information content (AvgIpc) is 3.36. The molecule has 0 atom stereocenters. The van der Waals surface area contributed by atoms with Crippen LogP contribution in [0.1, 0.15) is 29.2 Å². The minimum absolute atomic E-state index is 0.915. The smallest absolute Gasteiger partial charge is 0.126 e. The maximum absolute atomic E-state index is 6.23. The van der Waals surface area contributed by atoms with E-state index in [0.717, 1.165) is 17.5 Å². The molecule has 0 aromatic heterocycles. The van der Waals surface area contributed by atoms with E-state index in [1.54, 1.807) is 14.2 Å². The molecule has 0 unspecified atom stereocenters. The molecule has 0 saturated carbocycles. The minimum atomic E-state index is -2.52. The van der Waals surface area contributed by atoms with Crippen molar-refractivity contribution >= 4 is 51.2 Å². The number of methoxy groups -OCH3 is 2. The van der Waals surface area contributed by atoms with Gasteiger partial charge < -0.3 is 9.47 Å². The van der Waals surface area contributed by atoms with Crippen molar-refractivity contribution in [1.82, 2.24) is 0 Å². The van der Waals surface area contributed by atoms with Crippen LogP contribution in [0.15, 0.2) is 133 Å². The SMILES string of the molecule is CC[Si]1(C)C(c2c(OC)ccc3ccccc23)=C(c2ccccc2)C(c2ccccc2)=C1c1c(OC)ccc2ccccc12. The van der Waals surface area contributed by atoms with Crippen LogP contribution in [0.2, 0.25) is 12.6 Å². The molecular formula is C41H36O2Si. The van der Waals surface area contributed by atoms with E-state index in [2.05, 4.69) is 147 Å². The third kappa shape index (κ3) is 4.31. The van der Waals surface area contributed by atoms with Crippen LogP contribution in [-0.2, 0) is 0 Å². The molecule has 0 spiro atoms. The van der Waals surface area contributed by atoms with Gasteiger partial charge in [-0.25, -0.2) is 0 Å². The monoisotopic (exact) mass is 588 g/mol. The number of hydrogen-bond donors (Lipinski definition) is 0. The van der Waals surface area contributed by atoms with Gasteiger partial charge in [-0.1, -0.05) is 141 Å². The van der Waals surface area contributed by atoms with E-state index >= 15 is 0 Å². The number of allylic oxidation sites excluding steroid dienone is 2. The second-order valence-corrected chi connectivity index (χ2v) is 16.0. The molecule has 216 valence electrons. The van der Waals surface area contributed by atoms with Gasteiger partial charge in [-0.15, -0.1) is 0 Å². The first kappa shape index (κ1) is 27.9. The minimum Gasteiger partial charge on any atom is -0.496 e. The van der Waals surface area contributed by atoms with Crippen LogP contribution in [0.4, 0.5) is 0 Å². The second-order valence-electron chi connectivity index (χ2n) is 11.6. The quantitative estimate of drug-likeness (QED) is 0.173. The Labute approximate surface area is 260 Å². The zero-order valence-corrected chi connectivity index (χ0v) is 26.7. The maximum Gasteiger partial charge on any atom is 0.126 e. The zero-order valence-electron chi connectivity index (χ0n) is 25.7. The van der Waals surface area contributed by atoms with E-state index in [-0.39, 0.29) is 0 Å². The van der Waals surface area contributed by atoms with Gasteiger partial charge in [-0.2, -0.15) is 0 Å². The third-order valence-electron chi connectivity index (χ3n) is 9.41. The highest BCUT2D eigenvalue weighted by molar-refractivity contribution is 7.14. The molecule has 0 bridgehead atoms. The van der Waals surface area contributed by atoms with Crippen molar-refractivity contribution in [2.45, 2.75) is 19.5 Å². The lowest BCUT2D eigenvalue weighted by atomic mass is 9.87. The summed E-state index contributed by atoms with van der Waals surface area (Å²) < 4.78 is 12.5. The maximum atomic E-state index is 6.23. The van der Waals surface area contributed by atoms with Crippen molar-refractivity contribution in [2.24, 2.45) is 0 Å². The summed E-state index contributed by atoms with van der Waals surface area (Å²) in [6.07, 6.45) is 0. The molecule has 0 radical (unpaired) electrons. The lowest BCUT2D eigenvalue weighted by Crippen LogP contribution is -2.32. The van der Waals surface area contributed by atoms with E-state index < -0.39 is 8.07 Å². The lowest BCUT2D eigenvalue weighted by Gasteiger charge is -2.32. The Bertz CT molecular complexity index is 1930. The lowest BCUT2D eigenvalue weighted by molar-refractivity contribution is 0.414. The molecule has 0 saturated heterocycles. The molecule has 1 aliphatic heterocycles. The fraction of sp³-hybridized carbons (Fsp3) is 0.122. The van der Waals surface area contributed by atoms with Gasteiger partial charge >= 0.3 is 0 Å². The van der Waals surface area contributed by atoms with Gasteiger partial charge in [0, 0.05) is 11.1 Å². The summed E-state index contributed by atoms with van der Waals surface area (Å²) in [5, 5.41) is 7.72. The molecule has 7 rings (SSSR count). The summed E-state index contributed by atoms with van der Waals surface area (Å²) in [5.41, 5.74) is 7.46. The van der Waals surface area contributed by atoms with Crippen molar-refractivity contribution in [3.05, 3.63) is 156 Å². The molecule has 0 amide bonds. The van der Waals surface area contributed by atoms with Crippen LogP contribution in [0.3, 0.4) is 0 Å². The Hall–Kier alpha value is -4.86. The van der Waals surface area contributed by atoms with Gasteiger partial charge in [0.15, 0.2) is 0 Å². The molecule has 1 heterocycles. The van der Waals surface area contributed by atoms with Crippen LogP contribution in [0, 0.1) is 0 Å². The van der Waals surface area contributed by atoms with Gasteiger partial charge in [-0.05, 0) is 66.3 Å². The fourth-order valence-corrected chi connectivity index (χ4v) is 11.4. The number of rotatable bonds is 7. The second kappa shape index (κ2) is 11.3. The average molecular weight is 589 g/mol. The highest BCUT2D eigenvalue weighted by Crippen LogP contribution is 2.60. The predicted octanol–water partition coefficient (Wildman–Crippen LogP) is 10.7. The van der Waals surface area contributed by atoms with Crippen LogP contribution in [-0.4, -0.2) is 22.3 Å². The molecule has 2 nitrogen and oxygen atoms in total. The van der Waals surface area contributed by atoms with E-state index in [9.17, 15) is 0 Å². The van der Waals surface area contributed by atoms with Crippen molar-refractivity contribution in [3.63, 3.8) is 0 Å². The molecule has 0 fully saturated rings. The van der Waals surface area contributed by atoms with Crippen molar-refractivity contribution in [1.29, 1.82) is 0 Å². The first-order chi connectivity index (χ1) is 21.6. The number of ether oxygens (including phenoxy) is 2. The summed E-state index contributed by atoms with van der Waals surface area (Å²) >= 11 is 0. The van der Waals surface area contributed by atoms with Gasteiger partial charge in [0.2, 0.25) is 0 Å². The summed E-state index contributed by atoms with van der Waals surface area (Å²) in [7, 11) is 1.08. The molecule has 1 aliphatic rings. The Kier molecular flexibility index (Phi) is 7.19. The van der Waals surface area contributed by atoms with Crippen molar-refractivity contribution < 1.29 is 9.47 Å². The van der Waals surface area contributed by atoms with E-state index in [1.807, 2.05) is 0 Å². The van der Waals surface area contributed by atoms with Gasteiger partial charge in [-0.3, -0.25) is 0 Å². The molecule has 44 heavy (non-hydrogen) atoms. The highest BCUT2D eigenvalue weighted by Gasteiger charge is 2.48.